The number of fused-ring (bicyclic) bond motifs is 1. The molecule has 21 heavy (non-hydrogen) atoms. The molecule has 0 saturated carbocycles. The minimum Gasteiger partial charge on any atom is -0.315 e. The molecule has 1 aromatic heterocycles. The van der Waals surface area contributed by atoms with Crippen LogP contribution in [-0.4, -0.2) is 31.3 Å². The van der Waals surface area contributed by atoms with E-state index in [0.717, 1.165) is 5.69 Å². The number of rotatable bonds is 3. The molecule has 0 saturated heterocycles. The zero-order valence-electron chi connectivity index (χ0n) is 11.1. The molecule has 0 radical (unpaired) electrons. The second-order valence-corrected chi connectivity index (χ2v) is 6.28. The van der Waals surface area contributed by atoms with Gasteiger partial charge < -0.3 is 4.90 Å². The highest BCUT2D eigenvalue weighted by atomic mass is 32.2. The summed E-state index contributed by atoms with van der Waals surface area (Å²) < 4.78 is 26.8. The molecule has 1 aromatic carbocycles. The number of hydrogen-bond donors (Lipinski definition) is 1. The zero-order valence-corrected chi connectivity index (χ0v) is 12.0. The topological polar surface area (TPSA) is 92.3 Å². The van der Waals surface area contributed by atoms with Gasteiger partial charge >= 0.3 is 0 Å². The van der Waals surface area contributed by atoms with Crippen molar-refractivity contribution in [2.24, 2.45) is 0 Å². The number of likely N-dealkylation sites (N-methyl/N-ethyl adjacent to an activating group) is 1. The molecule has 0 atom stereocenters. The van der Waals surface area contributed by atoms with Crippen LogP contribution < -0.4 is 9.62 Å². The molecule has 0 fully saturated rings. The van der Waals surface area contributed by atoms with E-state index in [9.17, 15) is 13.2 Å². The van der Waals surface area contributed by atoms with E-state index >= 15 is 0 Å². The van der Waals surface area contributed by atoms with Gasteiger partial charge in [0.25, 0.3) is 10.0 Å². The van der Waals surface area contributed by atoms with Crippen LogP contribution in [0.4, 0.5) is 11.6 Å². The van der Waals surface area contributed by atoms with Crippen LogP contribution >= 0.6 is 0 Å². The quantitative estimate of drug-likeness (QED) is 0.905. The molecule has 0 unspecified atom stereocenters. The Labute approximate surface area is 121 Å². The van der Waals surface area contributed by atoms with Crippen LogP contribution in [0.5, 0.6) is 0 Å². The second-order valence-electron chi connectivity index (χ2n) is 4.60. The summed E-state index contributed by atoms with van der Waals surface area (Å²) in [7, 11) is -2.11. The third kappa shape index (κ3) is 2.45. The van der Waals surface area contributed by atoms with E-state index in [0.29, 0.717) is 5.56 Å². The fraction of sp³-hybridized carbons (Fsp3) is 0.154. The first kappa shape index (κ1) is 13.5. The van der Waals surface area contributed by atoms with Gasteiger partial charge in [0.15, 0.2) is 0 Å². The van der Waals surface area contributed by atoms with E-state index in [-0.39, 0.29) is 23.2 Å². The fourth-order valence-electron chi connectivity index (χ4n) is 2.14. The maximum absolute atomic E-state index is 12.3. The van der Waals surface area contributed by atoms with Crippen LogP contribution in [0.3, 0.4) is 0 Å². The summed E-state index contributed by atoms with van der Waals surface area (Å²) >= 11 is 0. The molecular formula is C13H12N4O3S. The van der Waals surface area contributed by atoms with Crippen molar-refractivity contribution < 1.29 is 13.2 Å². The number of carbonyl (C=O) groups excluding carboxylic acids is 1. The highest BCUT2D eigenvalue weighted by Gasteiger charge is 2.26. The summed E-state index contributed by atoms with van der Waals surface area (Å²) in [6.07, 6.45) is 3.10. The number of nitrogens with zero attached hydrogens (tertiary/aromatic N) is 3. The van der Waals surface area contributed by atoms with Crippen LogP contribution in [0.15, 0.2) is 41.6 Å². The lowest BCUT2D eigenvalue weighted by molar-refractivity contribution is -0.117. The summed E-state index contributed by atoms with van der Waals surface area (Å²) in [5.74, 6) is -0.0508. The second kappa shape index (κ2) is 4.81. The Kier molecular flexibility index (Phi) is 3.09. The maximum Gasteiger partial charge on any atom is 0.264 e. The fourth-order valence-corrected chi connectivity index (χ4v) is 3.15. The lowest BCUT2D eigenvalue weighted by Crippen LogP contribution is -2.20. The van der Waals surface area contributed by atoms with Crippen molar-refractivity contribution in [3.63, 3.8) is 0 Å². The molecule has 3 rings (SSSR count). The summed E-state index contributed by atoms with van der Waals surface area (Å²) in [5.41, 5.74) is 1.43. The summed E-state index contributed by atoms with van der Waals surface area (Å²) in [4.78, 5) is 20.9. The number of nitrogens with one attached hydrogen (secondary N) is 1. The van der Waals surface area contributed by atoms with Crippen molar-refractivity contribution >= 4 is 27.6 Å². The molecule has 0 bridgehead atoms. The Hall–Kier alpha value is -2.48. The average Bonchev–Trinajstić information content (AvgIpc) is 2.74. The van der Waals surface area contributed by atoms with Crippen molar-refractivity contribution in [2.75, 3.05) is 16.7 Å². The third-order valence-corrected chi connectivity index (χ3v) is 4.56. The Bertz CT molecular complexity index is 805. The summed E-state index contributed by atoms with van der Waals surface area (Å²) in [6, 6.07) is 6.18. The zero-order chi connectivity index (χ0) is 15.0. The number of hydrogen-bond acceptors (Lipinski definition) is 5. The van der Waals surface area contributed by atoms with E-state index in [4.69, 9.17) is 0 Å². The van der Waals surface area contributed by atoms with Gasteiger partial charge in [-0.15, -0.1) is 0 Å². The molecule has 1 amide bonds. The molecule has 7 nitrogen and oxygen atoms in total. The smallest absolute Gasteiger partial charge is 0.264 e. The van der Waals surface area contributed by atoms with Gasteiger partial charge in [0.2, 0.25) is 11.9 Å². The number of anilines is 2. The Morgan fingerprint density at radius 2 is 1.95 bits per heavy atom. The van der Waals surface area contributed by atoms with E-state index in [1.165, 1.54) is 29.4 Å². The first-order valence-electron chi connectivity index (χ1n) is 6.17. The van der Waals surface area contributed by atoms with E-state index in [1.54, 1.807) is 19.2 Å². The van der Waals surface area contributed by atoms with E-state index in [1.807, 2.05) is 0 Å². The normalized spacial score (nSPS) is 14.1. The largest absolute Gasteiger partial charge is 0.315 e. The molecule has 0 aliphatic carbocycles. The van der Waals surface area contributed by atoms with E-state index < -0.39 is 10.0 Å². The van der Waals surface area contributed by atoms with Crippen LogP contribution in [-0.2, 0) is 21.2 Å². The maximum atomic E-state index is 12.3. The summed E-state index contributed by atoms with van der Waals surface area (Å²) in [6.45, 7) is 0. The van der Waals surface area contributed by atoms with Gasteiger partial charge in [-0.1, -0.05) is 0 Å². The first-order chi connectivity index (χ1) is 9.97. The van der Waals surface area contributed by atoms with Gasteiger partial charge in [0.1, 0.15) is 0 Å². The predicted octanol–water partition coefficient (Wildman–Crippen LogP) is 0.796. The van der Waals surface area contributed by atoms with Crippen LogP contribution in [0.25, 0.3) is 0 Å². The lowest BCUT2D eigenvalue weighted by Gasteiger charge is -2.11. The first-order valence-corrected chi connectivity index (χ1v) is 7.65. The van der Waals surface area contributed by atoms with Crippen molar-refractivity contribution in [1.82, 2.24) is 9.97 Å². The van der Waals surface area contributed by atoms with E-state index in [2.05, 4.69) is 14.7 Å². The Morgan fingerprint density at radius 1 is 1.24 bits per heavy atom. The molecule has 2 heterocycles. The monoisotopic (exact) mass is 304 g/mol. The lowest BCUT2D eigenvalue weighted by atomic mass is 10.2. The molecule has 108 valence electrons. The van der Waals surface area contributed by atoms with Gasteiger partial charge in [0.05, 0.1) is 11.3 Å². The molecule has 0 spiro atoms. The number of amides is 1. The highest BCUT2D eigenvalue weighted by Crippen LogP contribution is 2.30. The Balaban J connectivity index is 1.94. The predicted molar refractivity (Wildman–Crippen MR) is 76.4 cm³/mol. The molecule has 8 heteroatoms. The van der Waals surface area contributed by atoms with Gasteiger partial charge in [-0.05, 0) is 29.8 Å². The highest BCUT2D eigenvalue weighted by molar-refractivity contribution is 7.92. The van der Waals surface area contributed by atoms with Gasteiger partial charge in [-0.2, -0.15) is 0 Å². The minimum atomic E-state index is -3.77. The van der Waals surface area contributed by atoms with Crippen molar-refractivity contribution in [3.8, 4) is 0 Å². The van der Waals surface area contributed by atoms with Crippen molar-refractivity contribution in [2.45, 2.75) is 11.3 Å². The van der Waals surface area contributed by atoms with Crippen LogP contribution in [0.1, 0.15) is 5.56 Å². The number of benzene rings is 1. The molecular weight excluding hydrogens is 292 g/mol. The molecule has 1 N–H and O–H groups in total. The SMILES string of the molecule is CN1C(=O)Cc2cc(S(=O)(=O)Nc3ncccn3)ccc21. The Morgan fingerprint density at radius 3 is 2.67 bits per heavy atom. The van der Waals surface area contributed by atoms with Gasteiger partial charge in [0, 0.05) is 25.1 Å². The van der Waals surface area contributed by atoms with Crippen LogP contribution in [0.2, 0.25) is 0 Å². The average molecular weight is 304 g/mol. The number of aromatic nitrogens is 2. The van der Waals surface area contributed by atoms with Crippen molar-refractivity contribution in [1.29, 1.82) is 0 Å². The standard InChI is InChI=1S/C13H12N4O3S/c1-17-11-4-3-10(7-9(11)8-12(17)18)21(19,20)16-13-14-5-2-6-15-13/h2-7H,8H2,1H3,(H,14,15,16). The number of carbonyl (C=O) groups is 1. The molecule has 2 aromatic rings. The minimum absolute atomic E-state index is 0.00573. The number of sulfonamides is 1. The van der Waals surface area contributed by atoms with Gasteiger partial charge in [-0.3, -0.25) is 4.79 Å². The summed E-state index contributed by atoms with van der Waals surface area (Å²) in [5, 5.41) is 0. The molecule has 1 aliphatic heterocycles. The molecule has 1 aliphatic rings. The third-order valence-electron chi connectivity index (χ3n) is 3.23. The van der Waals surface area contributed by atoms with Gasteiger partial charge in [-0.25, -0.2) is 23.1 Å². The van der Waals surface area contributed by atoms with Crippen LogP contribution in [0, 0.1) is 0 Å². The van der Waals surface area contributed by atoms with Crippen molar-refractivity contribution in [3.05, 3.63) is 42.2 Å².